The van der Waals surface area contributed by atoms with E-state index in [1.165, 1.54) is 0 Å². The molecule has 0 fully saturated rings. The molecule has 0 aliphatic carbocycles. The van der Waals surface area contributed by atoms with Crippen molar-refractivity contribution >= 4 is 34.0 Å². The zero-order valence-corrected chi connectivity index (χ0v) is 13.7. The van der Waals surface area contributed by atoms with Crippen LogP contribution in [0.4, 0.5) is 17.5 Å². The number of pyridine rings is 1. The van der Waals surface area contributed by atoms with Gasteiger partial charge in [-0.3, -0.25) is 5.10 Å². The summed E-state index contributed by atoms with van der Waals surface area (Å²) >= 11 is 0. The van der Waals surface area contributed by atoms with Crippen LogP contribution in [0.3, 0.4) is 0 Å². The first-order chi connectivity index (χ1) is 12.8. The first-order valence-electron chi connectivity index (χ1n) is 8.20. The molecule has 3 aromatic heterocycles. The van der Waals surface area contributed by atoms with Crippen LogP contribution in [0.15, 0.2) is 66.7 Å². The first-order valence-corrected chi connectivity index (χ1v) is 8.20. The molecule has 7 nitrogen and oxygen atoms in total. The Balaban J connectivity index is 0.00000180. The zero-order chi connectivity index (χ0) is 17.5. The highest BCUT2D eigenvalue weighted by Crippen LogP contribution is 2.27. The van der Waals surface area contributed by atoms with Crippen LogP contribution < -0.4 is 11.1 Å². The van der Waals surface area contributed by atoms with E-state index in [1.54, 1.807) is 0 Å². The summed E-state index contributed by atoms with van der Waals surface area (Å²) in [6.45, 7) is 0. The summed E-state index contributed by atoms with van der Waals surface area (Å²) in [6.07, 6.45) is 0. The molecule has 2 aromatic carbocycles. The molecule has 0 unspecified atom stereocenters. The van der Waals surface area contributed by atoms with Crippen molar-refractivity contribution in [3.8, 4) is 11.3 Å². The van der Waals surface area contributed by atoms with Crippen molar-refractivity contribution < 1.29 is 1.43 Å². The van der Waals surface area contributed by atoms with Gasteiger partial charge < -0.3 is 11.1 Å². The largest absolute Gasteiger partial charge is 0.382 e. The van der Waals surface area contributed by atoms with Crippen LogP contribution in [0.2, 0.25) is 0 Å². The molecule has 0 spiro atoms. The van der Waals surface area contributed by atoms with E-state index >= 15 is 0 Å². The summed E-state index contributed by atoms with van der Waals surface area (Å²) in [5, 5.41) is 15.7. The molecule has 26 heavy (non-hydrogen) atoms. The highest BCUT2D eigenvalue weighted by Gasteiger charge is 2.11. The van der Waals surface area contributed by atoms with Crippen molar-refractivity contribution in [2.75, 3.05) is 11.1 Å². The van der Waals surface area contributed by atoms with Crippen LogP contribution >= 0.6 is 0 Å². The van der Waals surface area contributed by atoms with E-state index < -0.39 is 0 Å². The molecular weight excluding hydrogens is 326 g/mol. The van der Waals surface area contributed by atoms with Crippen molar-refractivity contribution in [3.63, 3.8) is 0 Å². The molecule has 0 radical (unpaired) electrons. The lowest BCUT2D eigenvalue weighted by Crippen LogP contribution is -1.95. The molecule has 0 atom stereocenters. The average molecular weight is 343 g/mol. The third-order valence-electron chi connectivity index (χ3n) is 4.28. The lowest BCUT2D eigenvalue weighted by Gasteiger charge is -2.04. The molecule has 5 aromatic rings. The van der Waals surface area contributed by atoms with E-state index in [1.807, 2.05) is 71.2 Å². The van der Waals surface area contributed by atoms with Crippen molar-refractivity contribution in [1.29, 1.82) is 0 Å². The summed E-state index contributed by atoms with van der Waals surface area (Å²) in [5.41, 5.74) is 10.5. The number of nitrogens with two attached hydrogens (primary N) is 1. The number of aromatic nitrogens is 5. The molecule has 7 heteroatoms. The van der Waals surface area contributed by atoms with Gasteiger partial charge in [0.05, 0.1) is 11.2 Å². The van der Waals surface area contributed by atoms with Crippen LogP contribution in [-0.2, 0) is 0 Å². The summed E-state index contributed by atoms with van der Waals surface area (Å²) in [6, 6.07) is 21.7. The second kappa shape index (κ2) is 5.59. The molecule has 0 bridgehead atoms. The van der Waals surface area contributed by atoms with Gasteiger partial charge >= 0.3 is 0 Å². The number of H-pyrrole nitrogens is 1. The Morgan fingerprint density at radius 3 is 2.77 bits per heavy atom. The smallest absolute Gasteiger partial charge is 0.247 e. The third-order valence-corrected chi connectivity index (χ3v) is 4.28. The predicted octanol–water partition coefficient (Wildman–Crippen LogP) is 3.84. The van der Waals surface area contributed by atoms with E-state index in [4.69, 9.17) is 5.73 Å². The number of fused-ring (bicyclic) bond motifs is 2. The predicted molar refractivity (Wildman–Crippen MR) is 104 cm³/mol. The minimum atomic E-state index is 0. The second-order valence-corrected chi connectivity index (χ2v) is 5.98. The Morgan fingerprint density at radius 1 is 1.00 bits per heavy atom. The molecule has 4 N–H and O–H groups in total. The fourth-order valence-electron chi connectivity index (χ4n) is 3.02. The Bertz CT molecular complexity index is 1230. The van der Waals surface area contributed by atoms with Gasteiger partial charge in [-0.05, 0) is 36.4 Å². The topological polar surface area (TPSA) is 96.9 Å². The molecule has 0 saturated heterocycles. The zero-order valence-electron chi connectivity index (χ0n) is 13.7. The SMILES string of the molecule is Nc1n[nH]c2ccc(-c3cccc4nc(Nc5ccccc5)nn34)cc12.[HH]. The third kappa shape index (κ3) is 2.34. The van der Waals surface area contributed by atoms with Gasteiger partial charge in [0, 0.05) is 18.1 Å². The minimum absolute atomic E-state index is 0. The standard InChI is InChI=1S/C19H15N7.H2/c20-18-14-11-12(9-10-15(14)23-24-18)16-7-4-8-17-22-19(25-26(16)17)21-13-5-2-1-3-6-13;/h1-11H,(H,21,25)(H3,20,23,24);1H. The minimum Gasteiger partial charge on any atom is -0.382 e. The number of nitrogens with one attached hydrogen (secondary N) is 2. The van der Waals surface area contributed by atoms with Crippen LogP contribution in [0.5, 0.6) is 0 Å². The Hall–Kier alpha value is -3.87. The van der Waals surface area contributed by atoms with Gasteiger partial charge in [-0.25, -0.2) is 4.52 Å². The molecule has 5 rings (SSSR count). The van der Waals surface area contributed by atoms with Gasteiger partial charge in [0.15, 0.2) is 11.5 Å². The Labute approximate surface area is 150 Å². The monoisotopic (exact) mass is 343 g/mol. The number of nitrogen functional groups attached to an aromatic ring is 1. The van der Waals surface area contributed by atoms with Crippen LogP contribution in [0.1, 0.15) is 1.43 Å². The number of hydrogen-bond donors (Lipinski definition) is 3. The van der Waals surface area contributed by atoms with Gasteiger partial charge in [-0.2, -0.15) is 10.1 Å². The maximum absolute atomic E-state index is 5.94. The van der Waals surface area contributed by atoms with E-state index in [9.17, 15) is 0 Å². The Morgan fingerprint density at radius 2 is 1.88 bits per heavy atom. The van der Waals surface area contributed by atoms with Crippen LogP contribution in [-0.4, -0.2) is 24.8 Å². The normalized spacial score (nSPS) is 11.2. The average Bonchev–Trinajstić information content (AvgIpc) is 3.25. The van der Waals surface area contributed by atoms with Crippen molar-refractivity contribution in [3.05, 3.63) is 66.7 Å². The van der Waals surface area contributed by atoms with Gasteiger partial charge in [0.2, 0.25) is 5.95 Å². The quantitative estimate of drug-likeness (QED) is 0.462. The lowest BCUT2D eigenvalue weighted by molar-refractivity contribution is 0.974. The van der Waals surface area contributed by atoms with E-state index in [0.29, 0.717) is 11.8 Å². The number of hydrogen-bond acceptors (Lipinski definition) is 5. The van der Waals surface area contributed by atoms with Crippen LogP contribution in [0.25, 0.3) is 27.8 Å². The molecule has 128 valence electrons. The highest BCUT2D eigenvalue weighted by atomic mass is 15.4. The number of anilines is 3. The molecule has 0 saturated carbocycles. The summed E-state index contributed by atoms with van der Waals surface area (Å²) < 4.78 is 1.82. The number of nitrogens with zero attached hydrogens (tertiary/aromatic N) is 4. The van der Waals surface area contributed by atoms with Gasteiger partial charge in [-0.15, -0.1) is 5.10 Å². The first kappa shape index (κ1) is 14.5. The van der Waals surface area contributed by atoms with E-state index in [-0.39, 0.29) is 1.43 Å². The molecule has 0 aliphatic rings. The van der Waals surface area contributed by atoms with Crippen molar-refractivity contribution in [1.82, 2.24) is 24.8 Å². The summed E-state index contributed by atoms with van der Waals surface area (Å²) in [5.74, 6) is 1.03. The number of rotatable bonds is 3. The summed E-state index contributed by atoms with van der Waals surface area (Å²) in [7, 11) is 0. The van der Waals surface area contributed by atoms with E-state index in [0.717, 1.165) is 33.5 Å². The maximum Gasteiger partial charge on any atom is 0.247 e. The highest BCUT2D eigenvalue weighted by molar-refractivity contribution is 5.92. The number of aromatic amines is 1. The number of para-hydroxylation sites is 1. The fourth-order valence-corrected chi connectivity index (χ4v) is 3.02. The van der Waals surface area contributed by atoms with E-state index in [2.05, 4.69) is 25.6 Å². The lowest BCUT2D eigenvalue weighted by atomic mass is 10.1. The van der Waals surface area contributed by atoms with Gasteiger partial charge in [0.1, 0.15) is 0 Å². The Kier molecular flexibility index (Phi) is 3.11. The maximum atomic E-state index is 5.94. The second-order valence-electron chi connectivity index (χ2n) is 5.98. The van der Waals surface area contributed by atoms with Gasteiger partial charge in [0.25, 0.3) is 0 Å². The van der Waals surface area contributed by atoms with Crippen molar-refractivity contribution in [2.24, 2.45) is 0 Å². The number of benzene rings is 2. The molecule has 0 aliphatic heterocycles. The van der Waals surface area contributed by atoms with Crippen molar-refractivity contribution in [2.45, 2.75) is 0 Å². The molecular formula is C19H17N7. The summed E-state index contributed by atoms with van der Waals surface area (Å²) in [4.78, 5) is 4.56. The van der Waals surface area contributed by atoms with Gasteiger partial charge in [-0.1, -0.05) is 30.3 Å². The molecule has 3 heterocycles. The van der Waals surface area contributed by atoms with Crippen LogP contribution in [0, 0.1) is 0 Å². The molecule has 0 amide bonds. The fraction of sp³-hybridized carbons (Fsp3) is 0.